The van der Waals surface area contributed by atoms with Gasteiger partial charge < -0.3 is 10.1 Å². The monoisotopic (exact) mass is 407 g/mol. The van der Waals surface area contributed by atoms with Gasteiger partial charge in [0.1, 0.15) is 26.0 Å². The van der Waals surface area contributed by atoms with E-state index in [-0.39, 0.29) is 37.1 Å². The normalized spacial score (nSPS) is 12.6. The van der Waals surface area contributed by atoms with E-state index in [2.05, 4.69) is 4.98 Å². The Hall–Kier alpha value is -3.69. The molecule has 1 aromatic heterocycles. The van der Waals surface area contributed by atoms with Crippen molar-refractivity contribution < 1.29 is 24.3 Å². The lowest BCUT2D eigenvalue weighted by molar-refractivity contribution is -0.392. The number of ketones is 2. The molecule has 30 heavy (non-hydrogen) atoms. The molecule has 0 atom stereocenters. The van der Waals surface area contributed by atoms with E-state index in [0.29, 0.717) is 33.6 Å². The molecule has 9 nitrogen and oxygen atoms in total. The molecule has 1 heterocycles. The predicted molar refractivity (Wildman–Crippen MR) is 104 cm³/mol. The summed E-state index contributed by atoms with van der Waals surface area (Å²) in [6, 6.07) is 11.7. The summed E-state index contributed by atoms with van der Waals surface area (Å²) >= 11 is 0. The summed E-state index contributed by atoms with van der Waals surface area (Å²) in [5.74, 6) is 0.00442. The zero-order valence-corrected chi connectivity index (χ0v) is 16.0. The molecule has 0 saturated heterocycles. The number of hydrogen-bond donors (Lipinski definition) is 0. The van der Waals surface area contributed by atoms with E-state index < -0.39 is 4.92 Å². The highest BCUT2D eigenvalue weighted by Gasteiger charge is 2.29. The fourth-order valence-electron chi connectivity index (χ4n) is 3.41. The number of nitrogens with zero attached hydrogens (tertiary/aromatic N) is 3. The molecular weight excluding hydrogens is 390 g/mol. The quantitative estimate of drug-likeness (QED) is 0.200. The first-order valence-electron chi connectivity index (χ1n) is 9.19. The van der Waals surface area contributed by atoms with Gasteiger partial charge in [0.15, 0.2) is 17.4 Å². The Kier molecular flexibility index (Phi) is 5.21. The number of hydrogen-bond acceptors (Lipinski definition) is 7. The highest BCUT2D eigenvalue weighted by atomic mass is 17.2. The third-order valence-electron chi connectivity index (χ3n) is 4.92. The van der Waals surface area contributed by atoms with Gasteiger partial charge in [-0.2, -0.15) is 0 Å². The smallest absolute Gasteiger partial charge is 0.342 e. The molecular formula is C21H17N3O6. The van der Waals surface area contributed by atoms with E-state index in [1.807, 2.05) is 0 Å². The van der Waals surface area contributed by atoms with Crippen molar-refractivity contribution >= 4 is 17.4 Å². The van der Waals surface area contributed by atoms with E-state index in [0.717, 1.165) is 0 Å². The highest BCUT2D eigenvalue weighted by Crippen LogP contribution is 2.28. The second-order valence-electron chi connectivity index (χ2n) is 6.74. The SMILES string of the molecule is Cc1ncc([N+](=O)[O-])n1CCOOCc1ccc2c(c1)C(=O)c1ccccc1C2=O. The fourth-order valence-corrected chi connectivity index (χ4v) is 3.41. The van der Waals surface area contributed by atoms with Gasteiger partial charge in [-0.1, -0.05) is 30.3 Å². The lowest BCUT2D eigenvalue weighted by Crippen LogP contribution is -2.21. The van der Waals surface area contributed by atoms with E-state index >= 15 is 0 Å². The number of rotatable bonds is 7. The Morgan fingerprint density at radius 3 is 2.37 bits per heavy atom. The molecule has 0 fully saturated rings. The summed E-state index contributed by atoms with van der Waals surface area (Å²) in [7, 11) is 0. The van der Waals surface area contributed by atoms with Crippen LogP contribution in [0.2, 0.25) is 0 Å². The number of aromatic nitrogens is 2. The highest BCUT2D eigenvalue weighted by molar-refractivity contribution is 6.28. The minimum atomic E-state index is -0.510. The van der Waals surface area contributed by atoms with Crippen LogP contribution < -0.4 is 0 Å². The Morgan fingerprint density at radius 1 is 1.00 bits per heavy atom. The van der Waals surface area contributed by atoms with Crippen molar-refractivity contribution in [3.05, 3.63) is 92.4 Å². The largest absolute Gasteiger partial charge is 0.358 e. The number of fused-ring (bicyclic) bond motifs is 2. The molecule has 3 aromatic rings. The Balaban J connectivity index is 1.38. The van der Waals surface area contributed by atoms with Gasteiger partial charge in [-0.15, -0.1) is 0 Å². The van der Waals surface area contributed by atoms with Crippen LogP contribution in [-0.4, -0.2) is 32.6 Å². The lowest BCUT2D eigenvalue weighted by atomic mass is 9.83. The maximum absolute atomic E-state index is 12.7. The van der Waals surface area contributed by atoms with E-state index in [1.165, 1.54) is 10.8 Å². The minimum absolute atomic E-state index is 0.0569. The lowest BCUT2D eigenvalue weighted by Gasteiger charge is -2.17. The van der Waals surface area contributed by atoms with Gasteiger partial charge in [0.25, 0.3) is 0 Å². The molecule has 0 unspecified atom stereocenters. The van der Waals surface area contributed by atoms with E-state index in [4.69, 9.17) is 9.78 Å². The van der Waals surface area contributed by atoms with Gasteiger partial charge in [0.2, 0.25) is 0 Å². The van der Waals surface area contributed by atoms with Crippen molar-refractivity contribution in [3.8, 4) is 0 Å². The van der Waals surface area contributed by atoms with Crippen LogP contribution in [0.1, 0.15) is 43.2 Å². The van der Waals surface area contributed by atoms with Crippen molar-refractivity contribution in [2.24, 2.45) is 0 Å². The summed E-state index contributed by atoms with van der Waals surface area (Å²) in [6.45, 7) is 2.00. The zero-order chi connectivity index (χ0) is 21.3. The first-order chi connectivity index (χ1) is 14.5. The average Bonchev–Trinajstić information content (AvgIpc) is 3.12. The van der Waals surface area contributed by atoms with Crippen LogP contribution >= 0.6 is 0 Å². The molecule has 1 aliphatic carbocycles. The molecule has 2 aromatic carbocycles. The molecule has 0 bridgehead atoms. The number of carbonyl (C=O) groups excluding carboxylic acids is 2. The fraction of sp³-hybridized carbons (Fsp3) is 0.190. The molecule has 0 aliphatic heterocycles. The van der Waals surface area contributed by atoms with Crippen LogP contribution in [0.25, 0.3) is 0 Å². The topological polar surface area (TPSA) is 114 Å². The van der Waals surface area contributed by atoms with Crippen molar-refractivity contribution in [1.29, 1.82) is 0 Å². The molecule has 4 rings (SSSR count). The minimum Gasteiger partial charge on any atom is -0.358 e. The van der Waals surface area contributed by atoms with Gasteiger partial charge in [0, 0.05) is 29.2 Å². The third-order valence-corrected chi connectivity index (χ3v) is 4.92. The third kappa shape index (κ3) is 3.51. The second kappa shape index (κ2) is 7.97. The van der Waals surface area contributed by atoms with Crippen LogP contribution in [-0.2, 0) is 22.9 Å². The van der Waals surface area contributed by atoms with Gasteiger partial charge >= 0.3 is 5.82 Å². The summed E-state index contributed by atoms with van der Waals surface area (Å²) < 4.78 is 1.42. The number of benzene rings is 2. The standard InChI is InChI=1S/C21H17N3O6/c1-13-22-11-19(24(27)28)23(13)8-9-29-30-12-14-6-7-17-18(10-14)21(26)16-5-3-2-4-15(16)20(17)25/h2-7,10-11H,8-9,12H2,1H3. The average molecular weight is 407 g/mol. The maximum Gasteiger partial charge on any atom is 0.342 e. The number of aryl methyl sites for hydroxylation is 1. The maximum atomic E-state index is 12.7. The van der Waals surface area contributed by atoms with Crippen LogP contribution in [0.3, 0.4) is 0 Å². The zero-order valence-electron chi connectivity index (χ0n) is 16.0. The molecule has 0 radical (unpaired) electrons. The van der Waals surface area contributed by atoms with Crippen molar-refractivity contribution in [1.82, 2.24) is 9.55 Å². The van der Waals surface area contributed by atoms with Crippen LogP contribution in [0.5, 0.6) is 0 Å². The predicted octanol–water partition coefficient (Wildman–Crippen LogP) is 3.02. The van der Waals surface area contributed by atoms with Crippen molar-refractivity contribution in [2.45, 2.75) is 20.1 Å². The molecule has 0 N–H and O–H groups in total. The van der Waals surface area contributed by atoms with Gasteiger partial charge in [-0.05, 0) is 22.6 Å². The Morgan fingerprint density at radius 2 is 1.67 bits per heavy atom. The number of carbonyl (C=O) groups is 2. The number of nitro groups is 1. The Bertz CT molecular complexity index is 1170. The molecule has 0 spiro atoms. The summed E-state index contributed by atoms with van der Waals surface area (Å²) in [6.07, 6.45) is 1.19. The first kappa shape index (κ1) is 19.6. The van der Waals surface area contributed by atoms with Crippen molar-refractivity contribution in [2.75, 3.05) is 6.61 Å². The summed E-state index contributed by atoms with van der Waals surface area (Å²) in [5.41, 5.74) is 2.17. The summed E-state index contributed by atoms with van der Waals surface area (Å²) in [5, 5.41) is 11.0. The molecule has 152 valence electrons. The molecule has 0 saturated carbocycles. The summed E-state index contributed by atoms with van der Waals surface area (Å²) in [4.78, 5) is 50.1. The second-order valence-corrected chi connectivity index (χ2v) is 6.74. The van der Waals surface area contributed by atoms with Gasteiger partial charge in [-0.25, -0.2) is 19.3 Å². The van der Waals surface area contributed by atoms with E-state index in [9.17, 15) is 19.7 Å². The molecule has 9 heteroatoms. The van der Waals surface area contributed by atoms with Gasteiger partial charge in [-0.3, -0.25) is 9.59 Å². The van der Waals surface area contributed by atoms with Crippen LogP contribution in [0.15, 0.2) is 48.7 Å². The van der Waals surface area contributed by atoms with Gasteiger partial charge in [0.05, 0.1) is 0 Å². The number of imidazole rings is 1. The van der Waals surface area contributed by atoms with Crippen LogP contribution in [0.4, 0.5) is 5.82 Å². The molecule has 0 amide bonds. The Labute approximate surface area is 171 Å². The molecule has 1 aliphatic rings. The van der Waals surface area contributed by atoms with E-state index in [1.54, 1.807) is 49.4 Å². The first-order valence-corrected chi connectivity index (χ1v) is 9.19. The van der Waals surface area contributed by atoms with Crippen LogP contribution in [0, 0.1) is 17.0 Å². The van der Waals surface area contributed by atoms with Crippen molar-refractivity contribution in [3.63, 3.8) is 0 Å².